The molecule has 1 aliphatic heterocycles. The fraction of sp³-hybridized carbons (Fsp3) is 0.231. The quantitative estimate of drug-likeness (QED) is 0.837. The van der Waals surface area contributed by atoms with Crippen LogP contribution in [-0.2, 0) is 11.2 Å². The topological polar surface area (TPSA) is 57.6 Å². The molecule has 1 N–H and O–H groups in total. The van der Waals surface area contributed by atoms with E-state index < -0.39 is 0 Å². The highest BCUT2D eigenvalue weighted by Crippen LogP contribution is 2.34. The summed E-state index contributed by atoms with van der Waals surface area (Å²) in [5, 5.41) is 9.45. The van der Waals surface area contributed by atoms with Gasteiger partial charge in [0.15, 0.2) is 0 Å². The number of likely N-dealkylation sites (N-methyl/N-ethyl adjacent to an activating group) is 1. The number of rotatable bonds is 2. The van der Waals surface area contributed by atoms with Crippen LogP contribution in [0.5, 0.6) is 5.75 Å². The molecule has 1 aromatic rings. The van der Waals surface area contributed by atoms with E-state index in [0.717, 1.165) is 27.8 Å². The SMILES string of the molecule is CCc1cc(/C=C2\SC(=O)N(C)C2=O)c(Br)cc1O. The summed E-state index contributed by atoms with van der Waals surface area (Å²) in [6, 6.07) is 3.41. The van der Waals surface area contributed by atoms with E-state index in [9.17, 15) is 14.7 Å². The molecule has 6 heteroatoms. The summed E-state index contributed by atoms with van der Waals surface area (Å²) in [7, 11) is 1.46. The van der Waals surface area contributed by atoms with E-state index >= 15 is 0 Å². The molecule has 0 saturated carbocycles. The fourth-order valence-corrected chi connectivity index (χ4v) is 2.97. The standard InChI is InChI=1S/C13H12BrNO3S/c1-3-7-4-8(9(14)6-10(7)16)5-11-12(17)15(2)13(18)19-11/h4-6,16H,3H2,1-2H3/b11-5-. The first-order valence-electron chi connectivity index (χ1n) is 5.67. The molecule has 4 nitrogen and oxygen atoms in total. The maximum atomic E-state index is 11.8. The molecule has 0 radical (unpaired) electrons. The van der Waals surface area contributed by atoms with Gasteiger partial charge in [0, 0.05) is 11.5 Å². The number of nitrogens with zero attached hydrogens (tertiary/aromatic N) is 1. The largest absolute Gasteiger partial charge is 0.508 e. The van der Waals surface area contributed by atoms with Crippen LogP contribution in [0.15, 0.2) is 21.5 Å². The number of phenols is 1. The first-order valence-corrected chi connectivity index (χ1v) is 7.28. The molecule has 1 fully saturated rings. The van der Waals surface area contributed by atoms with Crippen LogP contribution in [0.3, 0.4) is 0 Å². The molecule has 1 saturated heterocycles. The lowest BCUT2D eigenvalue weighted by atomic mass is 10.1. The van der Waals surface area contributed by atoms with Crippen LogP contribution in [0.4, 0.5) is 4.79 Å². The highest BCUT2D eigenvalue weighted by Gasteiger charge is 2.31. The Labute approximate surface area is 123 Å². The third kappa shape index (κ3) is 2.69. The zero-order chi connectivity index (χ0) is 14.2. The Morgan fingerprint density at radius 3 is 2.63 bits per heavy atom. The third-order valence-corrected chi connectivity index (χ3v) is 4.50. The lowest BCUT2D eigenvalue weighted by molar-refractivity contribution is -0.121. The second kappa shape index (κ2) is 5.38. The smallest absolute Gasteiger partial charge is 0.293 e. The van der Waals surface area contributed by atoms with Crippen LogP contribution in [-0.4, -0.2) is 28.2 Å². The predicted octanol–water partition coefficient (Wildman–Crippen LogP) is 3.38. The Balaban J connectivity index is 2.44. The van der Waals surface area contributed by atoms with E-state index in [-0.39, 0.29) is 16.9 Å². The van der Waals surface area contributed by atoms with Crippen molar-refractivity contribution in [2.45, 2.75) is 13.3 Å². The number of benzene rings is 1. The molecule has 1 aromatic carbocycles. The summed E-state index contributed by atoms with van der Waals surface area (Å²) < 4.78 is 0.685. The maximum Gasteiger partial charge on any atom is 0.293 e. The monoisotopic (exact) mass is 341 g/mol. The van der Waals surface area contributed by atoms with Crippen molar-refractivity contribution >= 4 is 44.9 Å². The van der Waals surface area contributed by atoms with Gasteiger partial charge in [-0.05, 0) is 47.5 Å². The van der Waals surface area contributed by atoms with Gasteiger partial charge in [-0.2, -0.15) is 0 Å². The number of aryl methyl sites for hydroxylation is 1. The Morgan fingerprint density at radius 1 is 1.42 bits per heavy atom. The Morgan fingerprint density at radius 2 is 2.11 bits per heavy atom. The first kappa shape index (κ1) is 14.1. The van der Waals surface area contributed by atoms with Crippen LogP contribution in [0.2, 0.25) is 0 Å². The van der Waals surface area contributed by atoms with Crippen molar-refractivity contribution in [3.05, 3.63) is 32.6 Å². The Hall–Kier alpha value is -1.27. The summed E-state index contributed by atoms with van der Waals surface area (Å²) in [6.45, 7) is 1.94. The lowest BCUT2D eigenvalue weighted by Gasteiger charge is -2.06. The molecule has 0 atom stereocenters. The third-order valence-electron chi connectivity index (χ3n) is 2.85. The summed E-state index contributed by atoms with van der Waals surface area (Å²) in [4.78, 5) is 24.7. The number of thioether (sulfide) groups is 1. The molecule has 0 spiro atoms. The van der Waals surface area contributed by atoms with Gasteiger partial charge in [-0.15, -0.1) is 0 Å². The van der Waals surface area contributed by atoms with Gasteiger partial charge in [-0.3, -0.25) is 14.5 Å². The van der Waals surface area contributed by atoms with Gasteiger partial charge < -0.3 is 5.11 Å². The molecule has 1 aliphatic rings. The average molecular weight is 342 g/mol. The average Bonchev–Trinajstić information content (AvgIpc) is 2.60. The van der Waals surface area contributed by atoms with Crippen molar-refractivity contribution < 1.29 is 14.7 Å². The maximum absolute atomic E-state index is 11.8. The molecule has 2 amide bonds. The van der Waals surface area contributed by atoms with Crippen LogP contribution in [0, 0.1) is 0 Å². The number of amides is 2. The van der Waals surface area contributed by atoms with E-state index in [4.69, 9.17) is 0 Å². The van der Waals surface area contributed by atoms with Gasteiger partial charge in [0.2, 0.25) is 0 Å². The zero-order valence-electron chi connectivity index (χ0n) is 10.4. The van der Waals surface area contributed by atoms with Gasteiger partial charge in [-0.25, -0.2) is 0 Å². The van der Waals surface area contributed by atoms with Gasteiger partial charge in [0.05, 0.1) is 4.91 Å². The highest BCUT2D eigenvalue weighted by atomic mass is 79.9. The second-order valence-electron chi connectivity index (χ2n) is 4.10. The second-order valence-corrected chi connectivity index (χ2v) is 5.94. The lowest BCUT2D eigenvalue weighted by Crippen LogP contribution is -2.22. The highest BCUT2D eigenvalue weighted by molar-refractivity contribution is 9.10. The zero-order valence-corrected chi connectivity index (χ0v) is 12.8. The number of hydrogen-bond acceptors (Lipinski definition) is 4. The number of carbonyl (C=O) groups is 2. The fourth-order valence-electron chi connectivity index (χ4n) is 1.71. The van der Waals surface area contributed by atoms with Crippen molar-refractivity contribution in [2.24, 2.45) is 0 Å². The van der Waals surface area contributed by atoms with Crippen LogP contribution in [0.25, 0.3) is 6.08 Å². The van der Waals surface area contributed by atoms with Gasteiger partial charge in [-0.1, -0.05) is 22.9 Å². The van der Waals surface area contributed by atoms with Gasteiger partial charge >= 0.3 is 0 Å². The van der Waals surface area contributed by atoms with E-state index in [2.05, 4.69) is 15.9 Å². The molecule has 0 bridgehead atoms. The van der Waals surface area contributed by atoms with Crippen LogP contribution >= 0.6 is 27.7 Å². The summed E-state index contributed by atoms with van der Waals surface area (Å²) >= 11 is 4.26. The van der Waals surface area contributed by atoms with Gasteiger partial charge in [0.25, 0.3) is 11.1 Å². The van der Waals surface area contributed by atoms with E-state index in [1.54, 1.807) is 12.1 Å². The molecule has 100 valence electrons. The normalized spacial score (nSPS) is 17.6. The van der Waals surface area contributed by atoms with E-state index in [1.165, 1.54) is 7.05 Å². The minimum absolute atomic E-state index is 0.218. The molecule has 19 heavy (non-hydrogen) atoms. The van der Waals surface area contributed by atoms with Crippen LogP contribution < -0.4 is 0 Å². The minimum atomic E-state index is -0.298. The molecular formula is C13H12BrNO3S. The summed E-state index contributed by atoms with van der Waals surface area (Å²) in [6.07, 6.45) is 2.35. The Kier molecular flexibility index (Phi) is 4.01. The van der Waals surface area contributed by atoms with E-state index in [1.807, 2.05) is 13.0 Å². The van der Waals surface area contributed by atoms with Crippen molar-refractivity contribution in [3.63, 3.8) is 0 Å². The first-order chi connectivity index (χ1) is 8.93. The van der Waals surface area contributed by atoms with Crippen molar-refractivity contribution in [2.75, 3.05) is 7.05 Å². The molecular weight excluding hydrogens is 330 g/mol. The number of halogens is 1. The number of aromatic hydroxyl groups is 1. The minimum Gasteiger partial charge on any atom is -0.508 e. The molecule has 0 aromatic heterocycles. The number of phenolic OH excluding ortho intramolecular Hbond substituents is 1. The van der Waals surface area contributed by atoms with Gasteiger partial charge in [0.1, 0.15) is 5.75 Å². The van der Waals surface area contributed by atoms with E-state index in [0.29, 0.717) is 15.8 Å². The number of imide groups is 1. The number of carbonyl (C=O) groups excluding carboxylic acids is 2. The Bertz CT molecular complexity index is 598. The molecule has 2 rings (SSSR count). The van der Waals surface area contributed by atoms with Crippen molar-refractivity contribution in [1.82, 2.24) is 4.90 Å². The van der Waals surface area contributed by atoms with Crippen molar-refractivity contribution in [3.8, 4) is 5.75 Å². The van der Waals surface area contributed by atoms with Crippen LogP contribution in [0.1, 0.15) is 18.1 Å². The van der Waals surface area contributed by atoms with Crippen molar-refractivity contribution in [1.29, 1.82) is 0 Å². The summed E-state index contributed by atoms with van der Waals surface area (Å²) in [5.74, 6) is -0.0804. The summed E-state index contributed by atoms with van der Waals surface area (Å²) in [5.41, 5.74) is 1.57. The molecule has 1 heterocycles. The molecule has 0 aliphatic carbocycles. The number of hydrogen-bond donors (Lipinski definition) is 1. The predicted molar refractivity (Wildman–Crippen MR) is 78.9 cm³/mol. The molecule has 0 unspecified atom stereocenters.